The standard InChI is InChI=1S/C14H20N2O2S/c1-10-9-16-14(19-10)15-7-6-11-4-5-12(17-2)13(8-11)18-3/h4-5,8,10H,6-7,9H2,1-3H3,(H,15,16)/t10-/m1/s1. The summed E-state index contributed by atoms with van der Waals surface area (Å²) in [4.78, 5) is 4.43. The Kier molecular flexibility index (Phi) is 4.96. The third kappa shape index (κ3) is 3.80. The molecule has 0 aliphatic carbocycles. The minimum Gasteiger partial charge on any atom is -0.493 e. The van der Waals surface area contributed by atoms with Gasteiger partial charge in [-0.3, -0.25) is 4.99 Å². The monoisotopic (exact) mass is 280 g/mol. The van der Waals surface area contributed by atoms with Gasteiger partial charge in [-0.25, -0.2) is 0 Å². The maximum atomic E-state index is 5.30. The molecule has 1 aliphatic heterocycles. The number of nitrogens with zero attached hydrogens (tertiary/aromatic N) is 1. The van der Waals surface area contributed by atoms with Crippen molar-refractivity contribution in [3.63, 3.8) is 0 Å². The molecule has 0 aromatic heterocycles. The summed E-state index contributed by atoms with van der Waals surface area (Å²) < 4.78 is 10.5. The zero-order valence-electron chi connectivity index (χ0n) is 11.6. The lowest BCUT2D eigenvalue weighted by molar-refractivity contribution is 0.354. The molecule has 2 rings (SSSR count). The second-order valence-corrected chi connectivity index (χ2v) is 5.87. The number of hydrogen-bond donors (Lipinski definition) is 1. The van der Waals surface area contributed by atoms with Gasteiger partial charge in [0.2, 0.25) is 0 Å². The maximum Gasteiger partial charge on any atom is 0.160 e. The number of aliphatic imine (C=N–C) groups is 1. The molecule has 0 radical (unpaired) electrons. The summed E-state index contributed by atoms with van der Waals surface area (Å²) in [6.07, 6.45) is 0.939. The molecule has 0 saturated heterocycles. The summed E-state index contributed by atoms with van der Waals surface area (Å²) in [5.74, 6) is 1.55. The average molecular weight is 280 g/mol. The Hall–Kier alpha value is -1.36. The fourth-order valence-corrected chi connectivity index (χ4v) is 2.79. The van der Waals surface area contributed by atoms with Crippen LogP contribution in [0.25, 0.3) is 0 Å². The number of ether oxygens (including phenoxy) is 2. The van der Waals surface area contributed by atoms with Crippen LogP contribution in [0, 0.1) is 0 Å². The van der Waals surface area contributed by atoms with Crippen molar-refractivity contribution in [1.82, 2.24) is 5.32 Å². The number of rotatable bonds is 5. The molecule has 0 unspecified atom stereocenters. The molecule has 4 nitrogen and oxygen atoms in total. The summed E-state index contributed by atoms with van der Waals surface area (Å²) in [7, 11) is 3.31. The van der Waals surface area contributed by atoms with E-state index >= 15 is 0 Å². The number of nitrogens with one attached hydrogen (secondary N) is 1. The molecule has 104 valence electrons. The SMILES string of the molecule is COc1ccc(CCNC2=NC[C@@H](C)S2)cc1OC. The van der Waals surface area contributed by atoms with Crippen molar-refractivity contribution < 1.29 is 9.47 Å². The molecule has 1 aromatic carbocycles. The van der Waals surface area contributed by atoms with Crippen molar-refractivity contribution in [3.8, 4) is 11.5 Å². The number of amidine groups is 1. The van der Waals surface area contributed by atoms with E-state index in [0.29, 0.717) is 5.25 Å². The van der Waals surface area contributed by atoms with Crippen LogP contribution in [-0.2, 0) is 6.42 Å². The van der Waals surface area contributed by atoms with Crippen LogP contribution in [0.1, 0.15) is 12.5 Å². The van der Waals surface area contributed by atoms with E-state index in [1.807, 2.05) is 23.9 Å². The minimum atomic E-state index is 0.601. The van der Waals surface area contributed by atoms with E-state index in [0.717, 1.165) is 36.2 Å². The summed E-state index contributed by atoms with van der Waals surface area (Å²) in [6.45, 7) is 3.99. The summed E-state index contributed by atoms with van der Waals surface area (Å²) in [6, 6.07) is 6.03. The van der Waals surface area contributed by atoms with E-state index in [4.69, 9.17) is 9.47 Å². The van der Waals surface area contributed by atoms with Gasteiger partial charge in [-0.1, -0.05) is 24.8 Å². The van der Waals surface area contributed by atoms with Gasteiger partial charge in [0.1, 0.15) is 0 Å². The molecule has 1 aliphatic rings. The van der Waals surface area contributed by atoms with Crippen molar-refractivity contribution in [3.05, 3.63) is 23.8 Å². The molecule has 1 aromatic rings. The van der Waals surface area contributed by atoms with Crippen LogP contribution in [0.4, 0.5) is 0 Å². The minimum absolute atomic E-state index is 0.601. The van der Waals surface area contributed by atoms with E-state index < -0.39 is 0 Å². The Morgan fingerprint density at radius 1 is 1.32 bits per heavy atom. The van der Waals surface area contributed by atoms with Crippen molar-refractivity contribution in [1.29, 1.82) is 0 Å². The normalized spacial score (nSPS) is 18.1. The van der Waals surface area contributed by atoms with Crippen molar-refractivity contribution in [2.45, 2.75) is 18.6 Å². The number of benzene rings is 1. The van der Waals surface area contributed by atoms with Crippen LogP contribution < -0.4 is 14.8 Å². The Morgan fingerprint density at radius 2 is 2.11 bits per heavy atom. The van der Waals surface area contributed by atoms with Gasteiger partial charge in [-0.2, -0.15) is 0 Å². The summed E-state index contributed by atoms with van der Waals surface area (Å²) in [5.41, 5.74) is 1.22. The number of thioether (sulfide) groups is 1. The van der Waals surface area contributed by atoms with E-state index in [2.05, 4.69) is 23.3 Å². The lowest BCUT2D eigenvalue weighted by Gasteiger charge is -2.10. The van der Waals surface area contributed by atoms with Crippen LogP contribution in [0.15, 0.2) is 23.2 Å². The first kappa shape index (κ1) is 14.1. The molecular weight excluding hydrogens is 260 g/mol. The van der Waals surface area contributed by atoms with Crippen LogP contribution in [0.5, 0.6) is 11.5 Å². The maximum absolute atomic E-state index is 5.30. The van der Waals surface area contributed by atoms with Gasteiger partial charge in [0, 0.05) is 11.8 Å². The fourth-order valence-electron chi connectivity index (χ4n) is 1.92. The summed E-state index contributed by atoms with van der Waals surface area (Å²) in [5, 5.41) is 5.03. The van der Waals surface area contributed by atoms with Gasteiger partial charge in [-0.05, 0) is 24.1 Å². The molecular formula is C14H20N2O2S. The molecule has 0 fully saturated rings. The molecule has 0 spiro atoms. The highest BCUT2D eigenvalue weighted by atomic mass is 32.2. The second kappa shape index (κ2) is 6.70. The Morgan fingerprint density at radius 3 is 2.74 bits per heavy atom. The zero-order valence-corrected chi connectivity index (χ0v) is 12.4. The van der Waals surface area contributed by atoms with Crippen molar-refractivity contribution in [2.24, 2.45) is 4.99 Å². The highest BCUT2D eigenvalue weighted by Gasteiger charge is 2.14. The first-order valence-corrected chi connectivity index (χ1v) is 7.26. The average Bonchev–Trinajstić information content (AvgIpc) is 2.84. The Labute approximate surface area is 118 Å². The Balaban J connectivity index is 1.86. The largest absolute Gasteiger partial charge is 0.493 e. The van der Waals surface area contributed by atoms with Gasteiger partial charge in [-0.15, -0.1) is 0 Å². The van der Waals surface area contributed by atoms with Gasteiger partial charge in [0.25, 0.3) is 0 Å². The smallest absolute Gasteiger partial charge is 0.160 e. The quantitative estimate of drug-likeness (QED) is 0.899. The zero-order chi connectivity index (χ0) is 13.7. The predicted octanol–water partition coefficient (Wildman–Crippen LogP) is 2.33. The van der Waals surface area contributed by atoms with E-state index in [9.17, 15) is 0 Å². The van der Waals surface area contributed by atoms with Gasteiger partial charge in [0.15, 0.2) is 16.7 Å². The molecule has 1 heterocycles. The second-order valence-electron chi connectivity index (χ2n) is 4.44. The van der Waals surface area contributed by atoms with Crippen molar-refractivity contribution >= 4 is 16.9 Å². The van der Waals surface area contributed by atoms with Crippen LogP contribution >= 0.6 is 11.8 Å². The highest BCUT2D eigenvalue weighted by molar-refractivity contribution is 8.14. The molecule has 19 heavy (non-hydrogen) atoms. The first-order valence-electron chi connectivity index (χ1n) is 6.39. The fraction of sp³-hybridized carbons (Fsp3) is 0.500. The molecule has 0 amide bonds. The predicted molar refractivity (Wildman–Crippen MR) is 80.6 cm³/mol. The van der Waals surface area contributed by atoms with Gasteiger partial charge in [0.05, 0.1) is 20.8 Å². The summed E-state index contributed by atoms with van der Waals surface area (Å²) >= 11 is 1.81. The van der Waals surface area contributed by atoms with Gasteiger partial charge >= 0.3 is 0 Å². The molecule has 1 atom stereocenters. The lowest BCUT2D eigenvalue weighted by Crippen LogP contribution is -2.22. The molecule has 1 N–H and O–H groups in total. The van der Waals surface area contributed by atoms with E-state index in [-0.39, 0.29) is 0 Å². The third-order valence-corrected chi connectivity index (χ3v) is 3.99. The number of hydrogen-bond acceptors (Lipinski definition) is 5. The number of methoxy groups -OCH3 is 2. The highest BCUT2D eigenvalue weighted by Crippen LogP contribution is 2.27. The lowest BCUT2D eigenvalue weighted by atomic mass is 10.1. The van der Waals surface area contributed by atoms with Crippen LogP contribution in [0.3, 0.4) is 0 Å². The van der Waals surface area contributed by atoms with Gasteiger partial charge < -0.3 is 14.8 Å². The Bertz CT molecular complexity index is 463. The first-order chi connectivity index (χ1) is 9.22. The van der Waals surface area contributed by atoms with Crippen LogP contribution in [-0.4, -0.2) is 37.7 Å². The molecule has 5 heteroatoms. The van der Waals surface area contributed by atoms with Crippen molar-refractivity contribution in [2.75, 3.05) is 27.3 Å². The molecule has 0 saturated carbocycles. The molecule has 0 bridgehead atoms. The third-order valence-electron chi connectivity index (χ3n) is 2.94. The van der Waals surface area contributed by atoms with E-state index in [1.165, 1.54) is 5.56 Å². The van der Waals surface area contributed by atoms with Crippen LogP contribution in [0.2, 0.25) is 0 Å². The topological polar surface area (TPSA) is 42.8 Å². The van der Waals surface area contributed by atoms with E-state index in [1.54, 1.807) is 14.2 Å².